The summed E-state index contributed by atoms with van der Waals surface area (Å²) >= 11 is 0. The van der Waals surface area contributed by atoms with E-state index in [0.717, 1.165) is 5.56 Å². The molecule has 2 heterocycles. The molecule has 1 aromatic carbocycles. The molecule has 6 nitrogen and oxygen atoms in total. The van der Waals surface area contributed by atoms with Crippen LogP contribution in [0.5, 0.6) is 5.75 Å². The monoisotopic (exact) mass is 303 g/mol. The minimum absolute atomic E-state index is 0.0251. The number of ether oxygens (including phenoxy) is 1. The lowest BCUT2D eigenvalue weighted by Crippen LogP contribution is -2.61. The molecule has 2 aliphatic heterocycles. The Labute approximate surface area is 127 Å². The maximum absolute atomic E-state index is 12.1. The molecular weight excluding hydrogens is 286 g/mol. The first-order chi connectivity index (χ1) is 10.5. The van der Waals surface area contributed by atoms with Crippen LogP contribution < -0.4 is 4.74 Å². The highest BCUT2D eigenvalue weighted by molar-refractivity contribution is 6.06. The number of benzene rings is 1. The molecule has 0 radical (unpaired) electrons. The van der Waals surface area contributed by atoms with Gasteiger partial charge in [-0.3, -0.25) is 4.79 Å². The molecular formula is C16H17NO5. The lowest BCUT2D eigenvalue weighted by atomic mass is 9.82. The third kappa shape index (κ3) is 1.99. The van der Waals surface area contributed by atoms with Crippen LogP contribution in [0.4, 0.5) is 0 Å². The number of carboxylic acid groups (broad SMARTS) is 1. The number of β-lactam (4-membered cyclic amide) rings is 1. The fraction of sp³-hybridized carbons (Fsp3) is 0.375. The average molecular weight is 303 g/mol. The summed E-state index contributed by atoms with van der Waals surface area (Å²) in [4.78, 5) is 25.0. The van der Waals surface area contributed by atoms with Crippen LogP contribution in [0.1, 0.15) is 18.9 Å². The van der Waals surface area contributed by atoms with Crippen molar-refractivity contribution < 1.29 is 24.5 Å². The Morgan fingerprint density at radius 2 is 2.00 bits per heavy atom. The molecule has 0 aliphatic carbocycles. The predicted octanol–water partition coefficient (Wildman–Crippen LogP) is 1.10. The highest BCUT2D eigenvalue weighted by Crippen LogP contribution is 2.46. The van der Waals surface area contributed by atoms with Crippen molar-refractivity contribution in [3.8, 4) is 5.75 Å². The number of rotatable bonds is 4. The number of methoxy groups -OCH3 is 1. The average Bonchev–Trinajstić information content (AvgIpc) is 2.82. The largest absolute Gasteiger partial charge is 0.497 e. The number of hydrogen-bond donors (Lipinski definition) is 2. The van der Waals surface area contributed by atoms with Gasteiger partial charge in [0.15, 0.2) is 0 Å². The number of nitrogens with zero attached hydrogens (tertiary/aromatic N) is 1. The summed E-state index contributed by atoms with van der Waals surface area (Å²) in [6.45, 7) is 1.56. The quantitative estimate of drug-likeness (QED) is 0.813. The summed E-state index contributed by atoms with van der Waals surface area (Å²) < 4.78 is 5.10. The number of carbonyl (C=O) groups is 2. The van der Waals surface area contributed by atoms with Gasteiger partial charge in [0.1, 0.15) is 11.4 Å². The van der Waals surface area contributed by atoms with Gasteiger partial charge in [-0.05, 0) is 36.6 Å². The van der Waals surface area contributed by atoms with E-state index < -0.39 is 18.0 Å². The zero-order valence-corrected chi connectivity index (χ0v) is 12.3. The summed E-state index contributed by atoms with van der Waals surface area (Å²) in [7, 11) is 1.56. The van der Waals surface area contributed by atoms with E-state index in [2.05, 4.69) is 0 Å². The van der Waals surface area contributed by atoms with Crippen LogP contribution in [0, 0.1) is 5.92 Å². The minimum Gasteiger partial charge on any atom is -0.497 e. The fourth-order valence-electron chi connectivity index (χ4n) is 3.32. The third-order valence-electron chi connectivity index (χ3n) is 4.37. The zero-order valence-electron chi connectivity index (χ0n) is 12.3. The first-order valence-electron chi connectivity index (χ1n) is 7.07. The second-order valence-corrected chi connectivity index (χ2v) is 5.61. The number of carbonyl (C=O) groups excluding carboxylic acids is 1. The number of fused-ring (bicyclic) bond motifs is 1. The first kappa shape index (κ1) is 14.6. The van der Waals surface area contributed by atoms with Crippen LogP contribution in [0.15, 0.2) is 30.0 Å². The van der Waals surface area contributed by atoms with Crippen LogP contribution in [0.3, 0.4) is 0 Å². The van der Waals surface area contributed by atoms with Crippen molar-refractivity contribution in [1.82, 2.24) is 4.90 Å². The summed E-state index contributed by atoms with van der Waals surface area (Å²) in [5, 5.41) is 19.2. The molecule has 1 fully saturated rings. The van der Waals surface area contributed by atoms with Crippen molar-refractivity contribution >= 4 is 17.4 Å². The maximum Gasteiger partial charge on any atom is 0.352 e. The Balaban J connectivity index is 1.99. The van der Waals surface area contributed by atoms with Crippen LogP contribution in [-0.2, 0) is 9.59 Å². The van der Waals surface area contributed by atoms with E-state index in [9.17, 15) is 19.8 Å². The molecule has 3 atom stereocenters. The molecule has 1 saturated heterocycles. The number of aliphatic hydroxyl groups excluding tert-OH is 1. The van der Waals surface area contributed by atoms with Gasteiger partial charge in [0.2, 0.25) is 5.91 Å². The van der Waals surface area contributed by atoms with Crippen molar-refractivity contribution in [1.29, 1.82) is 0 Å². The molecule has 3 rings (SSSR count). The van der Waals surface area contributed by atoms with Gasteiger partial charge in [-0.25, -0.2) is 4.79 Å². The Kier molecular flexibility index (Phi) is 3.41. The summed E-state index contributed by atoms with van der Waals surface area (Å²) in [6, 6.07) is 6.81. The van der Waals surface area contributed by atoms with E-state index in [1.54, 1.807) is 38.3 Å². The van der Waals surface area contributed by atoms with Gasteiger partial charge in [-0.15, -0.1) is 0 Å². The SMILES string of the molecule is COc1ccc(C2=C(C(=O)O)N3C(=O)[C@H]([C@@H](C)O)[C@H]3C2)cc1. The van der Waals surface area contributed by atoms with Crippen molar-refractivity contribution in [2.24, 2.45) is 5.92 Å². The third-order valence-corrected chi connectivity index (χ3v) is 4.37. The van der Waals surface area contributed by atoms with E-state index in [-0.39, 0.29) is 17.6 Å². The highest BCUT2D eigenvalue weighted by atomic mass is 16.5. The Morgan fingerprint density at radius 1 is 1.36 bits per heavy atom. The number of aliphatic hydroxyl groups is 1. The molecule has 1 amide bonds. The zero-order chi connectivity index (χ0) is 16.0. The van der Waals surface area contributed by atoms with E-state index in [1.165, 1.54) is 4.90 Å². The van der Waals surface area contributed by atoms with E-state index in [0.29, 0.717) is 17.7 Å². The van der Waals surface area contributed by atoms with Crippen LogP contribution in [-0.4, -0.2) is 46.2 Å². The molecule has 0 saturated carbocycles. The lowest BCUT2D eigenvalue weighted by Gasteiger charge is -2.44. The number of amides is 1. The molecule has 2 N–H and O–H groups in total. The molecule has 1 aromatic rings. The normalized spacial score (nSPS) is 24.9. The second-order valence-electron chi connectivity index (χ2n) is 5.61. The molecule has 0 unspecified atom stereocenters. The summed E-state index contributed by atoms with van der Waals surface area (Å²) in [6.07, 6.45) is -0.339. The number of carboxylic acids is 1. The smallest absolute Gasteiger partial charge is 0.352 e. The Hall–Kier alpha value is -2.34. The summed E-state index contributed by atoms with van der Waals surface area (Å²) in [5.41, 5.74) is 1.40. The van der Waals surface area contributed by atoms with E-state index >= 15 is 0 Å². The Bertz CT molecular complexity index is 662. The van der Waals surface area contributed by atoms with Crippen molar-refractivity contribution in [2.75, 3.05) is 7.11 Å². The molecule has 116 valence electrons. The van der Waals surface area contributed by atoms with Gasteiger partial charge in [-0.1, -0.05) is 12.1 Å². The Morgan fingerprint density at radius 3 is 2.50 bits per heavy atom. The van der Waals surface area contributed by atoms with Crippen molar-refractivity contribution in [2.45, 2.75) is 25.5 Å². The van der Waals surface area contributed by atoms with Crippen molar-refractivity contribution in [3.63, 3.8) is 0 Å². The summed E-state index contributed by atoms with van der Waals surface area (Å²) in [5.74, 6) is -1.28. The highest BCUT2D eigenvalue weighted by Gasteiger charge is 2.56. The first-order valence-corrected chi connectivity index (χ1v) is 7.07. The maximum atomic E-state index is 12.1. The standard InChI is InChI=1S/C16H17NO5/c1-8(18)13-12-7-11(9-3-5-10(22-2)6-4-9)14(16(20)21)17(12)15(13)19/h3-6,8,12-13,18H,7H2,1-2H3,(H,20,21)/t8-,12-,13-/m1/s1. The van der Waals surface area contributed by atoms with E-state index in [1.807, 2.05) is 0 Å². The van der Waals surface area contributed by atoms with Crippen LogP contribution in [0.2, 0.25) is 0 Å². The van der Waals surface area contributed by atoms with Crippen LogP contribution in [0.25, 0.3) is 5.57 Å². The van der Waals surface area contributed by atoms with Crippen molar-refractivity contribution in [3.05, 3.63) is 35.5 Å². The van der Waals surface area contributed by atoms with Gasteiger partial charge in [0.25, 0.3) is 0 Å². The molecule has 22 heavy (non-hydrogen) atoms. The lowest BCUT2D eigenvalue weighted by molar-refractivity contribution is -0.161. The van der Waals surface area contributed by atoms with Crippen LogP contribution >= 0.6 is 0 Å². The second kappa shape index (κ2) is 5.14. The predicted molar refractivity (Wildman–Crippen MR) is 78.0 cm³/mol. The van der Waals surface area contributed by atoms with Gasteiger partial charge in [0, 0.05) is 0 Å². The van der Waals surface area contributed by atoms with Gasteiger partial charge >= 0.3 is 5.97 Å². The molecule has 0 bridgehead atoms. The molecule has 0 aromatic heterocycles. The van der Waals surface area contributed by atoms with Gasteiger partial charge in [-0.2, -0.15) is 0 Å². The molecule has 6 heteroatoms. The molecule has 2 aliphatic rings. The van der Waals surface area contributed by atoms with E-state index in [4.69, 9.17) is 4.74 Å². The number of hydrogen-bond acceptors (Lipinski definition) is 4. The number of aliphatic carboxylic acids is 1. The minimum atomic E-state index is -1.12. The van der Waals surface area contributed by atoms with Gasteiger partial charge in [0.05, 0.1) is 25.2 Å². The topological polar surface area (TPSA) is 87.1 Å². The van der Waals surface area contributed by atoms with Gasteiger partial charge < -0.3 is 19.8 Å². The molecule has 0 spiro atoms. The fourth-order valence-corrected chi connectivity index (χ4v) is 3.32.